The van der Waals surface area contributed by atoms with Gasteiger partial charge in [0.05, 0.1) is 12.0 Å². The molecule has 0 aliphatic rings. The van der Waals surface area contributed by atoms with Crippen LogP contribution in [0.15, 0.2) is 24.3 Å². The molecular formula is C19H19F13O. The van der Waals surface area contributed by atoms with Crippen LogP contribution in [0.25, 0.3) is 0 Å². The number of benzene rings is 1. The SMILES string of the molecule is CC(C)Cc1ccccc1C(O)C(C)C(F)(F)C(F)(F)C(F)(F)C(F)(F)C(F)(F)C(F)(F)F. The summed E-state index contributed by atoms with van der Waals surface area (Å²) in [6, 6.07) is 4.74. The van der Waals surface area contributed by atoms with Gasteiger partial charge >= 0.3 is 35.8 Å². The third-order valence-electron chi connectivity index (χ3n) is 5.01. The molecule has 0 saturated heterocycles. The van der Waals surface area contributed by atoms with Crippen molar-refractivity contribution in [2.45, 2.75) is 69.1 Å². The van der Waals surface area contributed by atoms with Gasteiger partial charge < -0.3 is 5.11 Å². The van der Waals surface area contributed by atoms with Crippen LogP contribution in [-0.2, 0) is 6.42 Å². The van der Waals surface area contributed by atoms with Crippen molar-refractivity contribution in [2.75, 3.05) is 0 Å². The molecular weight excluding hydrogens is 491 g/mol. The van der Waals surface area contributed by atoms with Gasteiger partial charge in [0.15, 0.2) is 0 Å². The zero-order chi connectivity index (χ0) is 26.4. The molecule has 0 saturated carbocycles. The largest absolute Gasteiger partial charge is 0.460 e. The lowest BCUT2D eigenvalue weighted by Gasteiger charge is -2.42. The second-order valence-electron chi connectivity index (χ2n) is 7.95. The zero-order valence-electron chi connectivity index (χ0n) is 17.1. The number of aliphatic hydroxyl groups is 1. The maximum atomic E-state index is 14.4. The number of aliphatic hydroxyl groups excluding tert-OH is 1. The van der Waals surface area contributed by atoms with E-state index in [1.54, 1.807) is 13.8 Å². The minimum Gasteiger partial charge on any atom is -0.388 e. The maximum Gasteiger partial charge on any atom is 0.460 e. The summed E-state index contributed by atoms with van der Waals surface area (Å²) in [6.07, 6.45) is -10.1. The highest BCUT2D eigenvalue weighted by Gasteiger charge is 2.91. The Morgan fingerprint density at radius 3 is 1.52 bits per heavy atom. The van der Waals surface area contributed by atoms with Gasteiger partial charge in [-0.05, 0) is 23.5 Å². The van der Waals surface area contributed by atoms with Crippen molar-refractivity contribution in [3.8, 4) is 0 Å². The Bertz CT molecular complexity index is 814. The van der Waals surface area contributed by atoms with E-state index < -0.39 is 53.4 Å². The second kappa shape index (κ2) is 8.81. The summed E-state index contributed by atoms with van der Waals surface area (Å²) in [5, 5.41) is 10.2. The Hall–Kier alpha value is -1.73. The average molecular weight is 510 g/mol. The zero-order valence-corrected chi connectivity index (χ0v) is 17.1. The summed E-state index contributed by atoms with van der Waals surface area (Å²) >= 11 is 0. The average Bonchev–Trinajstić information content (AvgIpc) is 2.65. The van der Waals surface area contributed by atoms with Crippen molar-refractivity contribution < 1.29 is 62.2 Å². The monoisotopic (exact) mass is 510 g/mol. The van der Waals surface area contributed by atoms with Gasteiger partial charge in [-0.25, -0.2) is 0 Å². The van der Waals surface area contributed by atoms with E-state index in [9.17, 15) is 62.2 Å². The van der Waals surface area contributed by atoms with Gasteiger partial charge in [0, 0.05) is 0 Å². The van der Waals surface area contributed by atoms with Crippen LogP contribution >= 0.6 is 0 Å². The Morgan fingerprint density at radius 2 is 1.09 bits per heavy atom. The van der Waals surface area contributed by atoms with E-state index in [1.807, 2.05) is 0 Å². The molecule has 33 heavy (non-hydrogen) atoms. The molecule has 0 heterocycles. The third kappa shape index (κ3) is 4.63. The van der Waals surface area contributed by atoms with Crippen LogP contribution in [0.2, 0.25) is 0 Å². The second-order valence-corrected chi connectivity index (χ2v) is 7.95. The topological polar surface area (TPSA) is 20.2 Å². The van der Waals surface area contributed by atoms with Gasteiger partial charge in [-0.2, -0.15) is 57.1 Å². The molecule has 0 radical (unpaired) electrons. The molecule has 0 bridgehead atoms. The standard InChI is InChI=1S/C19H19F13O/c1-9(2)8-11-6-4-5-7-12(11)13(33)10(3)14(20,21)15(22,23)16(24,25)17(26,27)18(28,29)19(30,31)32/h4-7,9-10,13,33H,8H2,1-3H3. The van der Waals surface area contributed by atoms with Crippen LogP contribution in [0.4, 0.5) is 57.1 Å². The lowest BCUT2D eigenvalue weighted by molar-refractivity contribution is -0.444. The first kappa shape index (κ1) is 29.3. The summed E-state index contributed by atoms with van der Waals surface area (Å²) in [5.41, 5.74) is -0.364. The molecule has 0 amide bonds. The molecule has 1 rings (SSSR count). The Balaban J connectivity index is 3.51. The summed E-state index contributed by atoms with van der Waals surface area (Å²) in [4.78, 5) is 0. The molecule has 1 aromatic carbocycles. The fourth-order valence-corrected chi connectivity index (χ4v) is 2.98. The Morgan fingerprint density at radius 1 is 0.667 bits per heavy atom. The quantitative estimate of drug-likeness (QED) is 0.346. The van der Waals surface area contributed by atoms with E-state index in [0.29, 0.717) is 0 Å². The molecule has 2 atom stereocenters. The number of rotatable bonds is 9. The highest BCUT2D eigenvalue weighted by atomic mass is 19.4. The summed E-state index contributed by atoms with van der Waals surface area (Å²) in [5.74, 6) is -40.9. The molecule has 1 aromatic rings. The fourth-order valence-electron chi connectivity index (χ4n) is 2.98. The molecule has 192 valence electrons. The summed E-state index contributed by atoms with van der Waals surface area (Å²) in [6.45, 7) is 3.32. The van der Waals surface area contributed by atoms with Gasteiger partial charge in [0.2, 0.25) is 0 Å². The van der Waals surface area contributed by atoms with E-state index in [0.717, 1.165) is 12.1 Å². The van der Waals surface area contributed by atoms with Crippen LogP contribution in [0.1, 0.15) is 38.0 Å². The molecule has 0 spiro atoms. The van der Waals surface area contributed by atoms with Gasteiger partial charge in [0.1, 0.15) is 0 Å². The highest BCUT2D eigenvalue weighted by Crippen LogP contribution is 2.62. The number of alkyl halides is 13. The van der Waals surface area contributed by atoms with Crippen molar-refractivity contribution in [2.24, 2.45) is 11.8 Å². The van der Waals surface area contributed by atoms with Gasteiger partial charge in [0.25, 0.3) is 0 Å². The Labute approximate surface area is 179 Å². The first-order valence-corrected chi connectivity index (χ1v) is 9.20. The van der Waals surface area contributed by atoms with Crippen LogP contribution < -0.4 is 0 Å². The molecule has 2 unspecified atom stereocenters. The molecule has 0 aliphatic carbocycles. The number of halogens is 13. The first-order valence-electron chi connectivity index (χ1n) is 9.20. The minimum atomic E-state index is -7.97. The molecule has 14 heteroatoms. The molecule has 0 fully saturated rings. The Kier molecular flexibility index (Phi) is 7.82. The molecule has 1 N–H and O–H groups in total. The normalized spacial score (nSPS) is 16.8. The number of hydrogen-bond donors (Lipinski definition) is 1. The van der Waals surface area contributed by atoms with Crippen LogP contribution in [0.3, 0.4) is 0 Å². The van der Waals surface area contributed by atoms with Gasteiger partial charge in [-0.1, -0.05) is 45.0 Å². The van der Waals surface area contributed by atoms with Crippen molar-refractivity contribution >= 4 is 0 Å². The van der Waals surface area contributed by atoms with Gasteiger partial charge in [-0.15, -0.1) is 0 Å². The van der Waals surface area contributed by atoms with E-state index in [-0.39, 0.29) is 24.8 Å². The molecule has 1 nitrogen and oxygen atoms in total. The minimum absolute atomic E-state index is 0.0425. The lowest BCUT2D eigenvalue weighted by atomic mass is 9.82. The summed E-state index contributed by atoms with van der Waals surface area (Å²) in [7, 11) is 0. The smallest absolute Gasteiger partial charge is 0.388 e. The predicted octanol–water partition coefficient (Wildman–Crippen LogP) is 7.29. The van der Waals surface area contributed by atoms with E-state index in [2.05, 4.69) is 0 Å². The third-order valence-corrected chi connectivity index (χ3v) is 5.01. The first-order chi connectivity index (χ1) is 14.5. The van der Waals surface area contributed by atoms with E-state index in [1.165, 1.54) is 12.1 Å². The number of hydrogen-bond acceptors (Lipinski definition) is 1. The maximum absolute atomic E-state index is 14.4. The van der Waals surface area contributed by atoms with E-state index in [4.69, 9.17) is 0 Å². The van der Waals surface area contributed by atoms with Crippen molar-refractivity contribution in [3.63, 3.8) is 0 Å². The van der Waals surface area contributed by atoms with Crippen LogP contribution in [-0.4, -0.2) is 40.9 Å². The van der Waals surface area contributed by atoms with Crippen LogP contribution in [0, 0.1) is 11.8 Å². The predicted molar refractivity (Wildman–Crippen MR) is 89.9 cm³/mol. The summed E-state index contributed by atoms with van der Waals surface area (Å²) < 4.78 is 173. The molecule has 0 aromatic heterocycles. The molecule has 0 aliphatic heterocycles. The van der Waals surface area contributed by atoms with Crippen molar-refractivity contribution in [1.29, 1.82) is 0 Å². The fraction of sp³-hybridized carbons (Fsp3) is 0.684. The lowest BCUT2D eigenvalue weighted by Crippen LogP contribution is -2.71. The van der Waals surface area contributed by atoms with E-state index >= 15 is 0 Å². The van der Waals surface area contributed by atoms with Crippen molar-refractivity contribution in [1.82, 2.24) is 0 Å². The van der Waals surface area contributed by atoms with Crippen molar-refractivity contribution in [3.05, 3.63) is 35.4 Å². The highest BCUT2D eigenvalue weighted by molar-refractivity contribution is 5.30. The van der Waals surface area contributed by atoms with Crippen LogP contribution in [0.5, 0.6) is 0 Å². The van der Waals surface area contributed by atoms with Gasteiger partial charge in [-0.3, -0.25) is 0 Å².